The van der Waals surface area contributed by atoms with Crippen molar-refractivity contribution in [3.05, 3.63) is 48.5 Å². The second-order valence-electron chi connectivity index (χ2n) is 6.09. The van der Waals surface area contributed by atoms with Gasteiger partial charge in [-0.2, -0.15) is 0 Å². The highest BCUT2D eigenvalue weighted by Crippen LogP contribution is 2.21. The van der Waals surface area contributed by atoms with Gasteiger partial charge in [0.05, 0.1) is 11.5 Å². The van der Waals surface area contributed by atoms with Crippen LogP contribution in [0.2, 0.25) is 0 Å². The summed E-state index contributed by atoms with van der Waals surface area (Å²) in [6.45, 7) is 4.51. The van der Waals surface area contributed by atoms with E-state index in [0.29, 0.717) is 30.2 Å². The number of carbonyl (C=O) groups excluding carboxylic acids is 1. The minimum atomic E-state index is -3.70. The second kappa shape index (κ2) is 9.97. The quantitative estimate of drug-likeness (QED) is 0.589. The van der Waals surface area contributed by atoms with Gasteiger partial charge in [-0.1, -0.05) is 19.8 Å². The van der Waals surface area contributed by atoms with Gasteiger partial charge in [0.25, 0.3) is 10.0 Å². The number of hydrogen-bond donors (Lipinski definition) is 2. The molecule has 0 radical (unpaired) electrons. The molecule has 0 aromatic heterocycles. The Balaban J connectivity index is 1.98. The Morgan fingerprint density at radius 3 is 2.15 bits per heavy atom. The number of carbonyl (C=O) groups is 1. The van der Waals surface area contributed by atoms with Crippen molar-refractivity contribution >= 4 is 27.3 Å². The van der Waals surface area contributed by atoms with Crippen molar-refractivity contribution in [3.8, 4) is 5.75 Å². The van der Waals surface area contributed by atoms with Gasteiger partial charge in [-0.05, 0) is 61.9 Å². The lowest BCUT2D eigenvalue weighted by molar-refractivity contribution is -0.116. The molecule has 2 N–H and O–H groups in total. The first-order valence-corrected chi connectivity index (χ1v) is 10.6. The van der Waals surface area contributed by atoms with Crippen LogP contribution in [0.5, 0.6) is 5.75 Å². The van der Waals surface area contributed by atoms with Crippen molar-refractivity contribution < 1.29 is 17.9 Å². The Morgan fingerprint density at radius 2 is 1.56 bits per heavy atom. The van der Waals surface area contributed by atoms with E-state index in [0.717, 1.165) is 19.3 Å². The maximum atomic E-state index is 12.5. The number of sulfonamides is 1. The van der Waals surface area contributed by atoms with E-state index in [2.05, 4.69) is 17.0 Å². The summed E-state index contributed by atoms with van der Waals surface area (Å²) in [6, 6.07) is 12.8. The van der Waals surface area contributed by atoms with Crippen LogP contribution >= 0.6 is 0 Å². The number of benzene rings is 2. The molecule has 2 aromatic rings. The molecule has 7 heteroatoms. The van der Waals surface area contributed by atoms with Crippen LogP contribution in [-0.2, 0) is 14.8 Å². The molecule has 0 aliphatic heterocycles. The predicted molar refractivity (Wildman–Crippen MR) is 108 cm³/mol. The number of nitrogens with one attached hydrogen (secondary N) is 2. The topological polar surface area (TPSA) is 84.5 Å². The molecule has 1 amide bonds. The number of amides is 1. The molecule has 2 aromatic carbocycles. The molecule has 146 valence electrons. The van der Waals surface area contributed by atoms with Gasteiger partial charge in [-0.25, -0.2) is 8.42 Å². The third-order valence-electron chi connectivity index (χ3n) is 3.87. The van der Waals surface area contributed by atoms with E-state index in [9.17, 15) is 13.2 Å². The minimum Gasteiger partial charge on any atom is -0.494 e. The zero-order valence-corrected chi connectivity index (χ0v) is 16.5. The minimum absolute atomic E-state index is 0.0634. The molecule has 0 atom stereocenters. The number of unbranched alkanes of at least 4 members (excludes halogenated alkanes) is 2. The summed E-state index contributed by atoms with van der Waals surface area (Å²) in [5, 5.41) is 2.78. The number of rotatable bonds is 10. The Kier molecular flexibility index (Phi) is 7.67. The standard InChI is InChI=1S/C20H26N2O4S/c1-3-5-6-7-20(23)21-16-10-14-19(15-11-16)27(24,25)22-17-8-12-18(13-9-17)26-4-2/h8-15,22H,3-7H2,1-2H3,(H,21,23). The van der Waals surface area contributed by atoms with E-state index in [4.69, 9.17) is 4.74 Å². The molecule has 0 saturated carbocycles. The molecule has 0 aliphatic rings. The summed E-state index contributed by atoms with van der Waals surface area (Å²) in [7, 11) is -3.70. The zero-order valence-electron chi connectivity index (χ0n) is 15.7. The third kappa shape index (κ3) is 6.60. The van der Waals surface area contributed by atoms with Crippen LogP contribution < -0.4 is 14.8 Å². The number of anilines is 2. The van der Waals surface area contributed by atoms with Gasteiger partial charge in [-0.3, -0.25) is 9.52 Å². The van der Waals surface area contributed by atoms with E-state index in [1.165, 1.54) is 12.1 Å². The van der Waals surface area contributed by atoms with Crippen LogP contribution in [0.1, 0.15) is 39.5 Å². The highest BCUT2D eigenvalue weighted by molar-refractivity contribution is 7.92. The van der Waals surface area contributed by atoms with E-state index in [1.807, 2.05) is 6.92 Å². The highest BCUT2D eigenvalue weighted by Gasteiger charge is 2.14. The lowest BCUT2D eigenvalue weighted by Crippen LogP contribution is -2.14. The molecule has 0 spiro atoms. The van der Waals surface area contributed by atoms with Crippen LogP contribution in [0.3, 0.4) is 0 Å². The predicted octanol–water partition coefficient (Wildman–Crippen LogP) is 4.40. The zero-order chi connectivity index (χ0) is 19.7. The SMILES string of the molecule is CCCCCC(=O)Nc1ccc(S(=O)(=O)Nc2ccc(OCC)cc2)cc1. The van der Waals surface area contributed by atoms with Crippen LogP contribution in [0.15, 0.2) is 53.4 Å². The lowest BCUT2D eigenvalue weighted by Gasteiger charge is -2.10. The molecule has 0 fully saturated rings. The molecule has 0 heterocycles. The van der Waals surface area contributed by atoms with Crippen LogP contribution in [-0.4, -0.2) is 20.9 Å². The molecule has 0 bridgehead atoms. The van der Waals surface area contributed by atoms with Crippen molar-refractivity contribution in [1.82, 2.24) is 0 Å². The first kappa shape index (κ1) is 20.8. The Hall–Kier alpha value is -2.54. The van der Waals surface area contributed by atoms with E-state index in [-0.39, 0.29) is 10.8 Å². The normalized spacial score (nSPS) is 11.0. The van der Waals surface area contributed by atoms with Gasteiger partial charge in [0.15, 0.2) is 0 Å². The van der Waals surface area contributed by atoms with Crippen LogP contribution in [0.4, 0.5) is 11.4 Å². The summed E-state index contributed by atoms with van der Waals surface area (Å²) in [6.07, 6.45) is 3.39. The second-order valence-corrected chi connectivity index (χ2v) is 7.77. The summed E-state index contributed by atoms with van der Waals surface area (Å²) in [5.74, 6) is 0.617. The maximum Gasteiger partial charge on any atom is 0.261 e. The van der Waals surface area contributed by atoms with Crippen LogP contribution in [0, 0.1) is 0 Å². The summed E-state index contributed by atoms with van der Waals surface area (Å²) >= 11 is 0. The molecular formula is C20H26N2O4S. The molecule has 0 aliphatic carbocycles. The smallest absolute Gasteiger partial charge is 0.261 e. The van der Waals surface area contributed by atoms with Crippen molar-refractivity contribution in [2.75, 3.05) is 16.6 Å². The fourth-order valence-electron chi connectivity index (χ4n) is 2.48. The van der Waals surface area contributed by atoms with Crippen molar-refractivity contribution in [2.24, 2.45) is 0 Å². The van der Waals surface area contributed by atoms with Gasteiger partial charge < -0.3 is 10.1 Å². The molecule has 0 unspecified atom stereocenters. The Morgan fingerprint density at radius 1 is 0.926 bits per heavy atom. The van der Waals surface area contributed by atoms with E-state index in [1.54, 1.807) is 36.4 Å². The van der Waals surface area contributed by atoms with Crippen LogP contribution in [0.25, 0.3) is 0 Å². The van der Waals surface area contributed by atoms with E-state index >= 15 is 0 Å². The summed E-state index contributed by atoms with van der Waals surface area (Å²) in [4.78, 5) is 12.0. The third-order valence-corrected chi connectivity index (χ3v) is 5.27. The number of ether oxygens (including phenoxy) is 1. The molecule has 6 nitrogen and oxygen atoms in total. The average molecular weight is 391 g/mol. The Bertz CT molecular complexity index is 831. The van der Waals surface area contributed by atoms with Gasteiger partial charge in [-0.15, -0.1) is 0 Å². The van der Waals surface area contributed by atoms with Gasteiger partial charge in [0.1, 0.15) is 5.75 Å². The summed E-state index contributed by atoms with van der Waals surface area (Å²) < 4.78 is 32.8. The fourth-order valence-corrected chi connectivity index (χ4v) is 3.54. The lowest BCUT2D eigenvalue weighted by atomic mass is 10.2. The van der Waals surface area contributed by atoms with Gasteiger partial charge in [0.2, 0.25) is 5.91 Å². The molecule has 2 rings (SSSR count). The largest absolute Gasteiger partial charge is 0.494 e. The highest BCUT2D eigenvalue weighted by atomic mass is 32.2. The number of hydrogen-bond acceptors (Lipinski definition) is 4. The van der Waals surface area contributed by atoms with Crippen molar-refractivity contribution in [3.63, 3.8) is 0 Å². The average Bonchev–Trinajstić information content (AvgIpc) is 2.64. The molecule has 27 heavy (non-hydrogen) atoms. The van der Waals surface area contributed by atoms with Gasteiger partial charge in [0, 0.05) is 17.8 Å². The first-order valence-electron chi connectivity index (χ1n) is 9.10. The van der Waals surface area contributed by atoms with E-state index < -0.39 is 10.0 Å². The fraction of sp³-hybridized carbons (Fsp3) is 0.350. The first-order chi connectivity index (χ1) is 12.9. The molecular weight excluding hydrogens is 364 g/mol. The Labute approximate surface area is 161 Å². The van der Waals surface area contributed by atoms with Crippen molar-refractivity contribution in [1.29, 1.82) is 0 Å². The maximum absolute atomic E-state index is 12.5. The monoisotopic (exact) mass is 390 g/mol. The van der Waals surface area contributed by atoms with Gasteiger partial charge >= 0.3 is 0 Å². The molecule has 0 saturated heterocycles. The van der Waals surface area contributed by atoms with Crippen molar-refractivity contribution in [2.45, 2.75) is 44.4 Å². The summed E-state index contributed by atoms with van der Waals surface area (Å²) in [5.41, 5.74) is 1.03.